The number of hydrogen-bond donors (Lipinski definition) is 2. The Balaban J connectivity index is 2.00. The predicted octanol–water partition coefficient (Wildman–Crippen LogP) is 2.21. The number of anilines is 2. The fourth-order valence-electron chi connectivity index (χ4n) is 1.46. The molecule has 0 aromatic carbocycles. The second kappa shape index (κ2) is 5.29. The topological polar surface area (TPSA) is 76.7 Å². The van der Waals surface area contributed by atoms with Crippen molar-refractivity contribution >= 4 is 34.8 Å². The van der Waals surface area contributed by atoms with Crippen LogP contribution in [-0.2, 0) is 6.42 Å². The van der Waals surface area contributed by atoms with Crippen molar-refractivity contribution in [1.29, 1.82) is 0 Å². The molecule has 0 aliphatic carbocycles. The molecule has 0 saturated carbocycles. The third kappa shape index (κ3) is 3.54. The van der Waals surface area contributed by atoms with Gasteiger partial charge in [0.15, 0.2) is 0 Å². The summed E-state index contributed by atoms with van der Waals surface area (Å²) in [5.41, 5.74) is 6.77. The SMILES string of the molecule is CC(Cc1ccsc1)Nc1nc(N)nc(Cl)n1. The van der Waals surface area contributed by atoms with E-state index in [9.17, 15) is 0 Å². The summed E-state index contributed by atoms with van der Waals surface area (Å²) in [5, 5.41) is 7.41. The molecule has 0 bridgehead atoms. The summed E-state index contributed by atoms with van der Waals surface area (Å²) in [4.78, 5) is 11.6. The lowest BCUT2D eigenvalue weighted by atomic mass is 10.1. The van der Waals surface area contributed by atoms with E-state index in [1.165, 1.54) is 5.56 Å². The summed E-state index contributed by atoms with van der Waals surface area (Å²) < 4.78 is 0. The van der Waals surface area contributed by atoms with Crippen molar-refractivity contribution in [2.24, 2.45) is 0 Å². The fraction of sp³-hybridized carbons (Fsp3) is 0.300. The minimum Gasteiger partial charge on any atom is -0.368 e. The van der Waals surface area contributed by atoms with Gasteiger partial charge >= 0.3 is 0 Å². The lowest BCUT2D eigenvalue weighted by Crippen LogP contribution is -2.20. The predicted molar refractivity (Wildman–Crippen MR) is 70.4 cm³/mol. The summed E-state index contributed by atoms with van der Waals surface area (Å²) in [6.07, 6.45) is 0.896. The van der Waals surface area contributed by atoms with Crippen LogP contribution in [0.3, 0.4) is 0 Å². The van der Waals surface area contributed by atoms with Gasteiger partial charge in [0.2, 0.25) is 17.2 Å². The van der Waals surface area contributed by atoms with Crippen LogP contribution in [0, 0.1) is 0 Å². The largest absolute Gasteiger partial charge is 0.368 e. The Morgan fingerprint density at radius 2 is 2.29 bits per heavy atom. The number of nitrogens with one attached hydrogen (secondary N) is 1. The average molecular weight is 270 g/mol. The first kappa shape index (κ1) is 12.1. The minimum absolute atomic E-state index is 0.0998. The van der Waals surface area contributed by atoms with Crippen LogP contribution in [0.1, 0.15) is 12.5 Å². The molecule has 2 heterocycles. The molecule has 1 unspecified atom stereocenters. The molecule has 0 aliphatic heterocycles. The van der Waals surface area contributed by atoms with E-state index in [0.29, 0.717) is 5.95 Å². The molecule has 0 radical (unpaired) electrons. The minimum atomic E-state index is 0.0998. The van der Waals surface area contributed by atoms with E-state index >= 15 is 0 Å². The van der Waals surface area contributed by atoms with Crippen LogP contribution in [0.2, 0.25) is 5.28 Å². The number of aromatic nitrogens is 3. The highest BCUT2D eigenvalue weighted by Gasteiger charge is 2.07. The first-order valence-electron chi connectivity index (χ1n) is 5.08. The number of halogens is 1. The Morgan fingerprint density at radius 1 is 1.47 bits per heavy atom. The maximum atomic E-state index is 5.70. The maximum absolute atomic E-state index is 5.70. The molecule has 0 aliphatic rings. The van der Waals surface area contributed by atoms with Gasteiger partial charge in [0.05, 0.1) is 0 Å². The smallest absolute Gasteiger partial charge is 0.229 e. The van der Waals surface area contributed by atoms with Crippen molar-refractivity contribution in [3.63, 3.8) is 0 Å². The van der Waals surface area contributed by atoms with Crippen LogP contribution in [0.5, 0.6) is 0 Å². The van der Waals surface area contributed by atoms with Gasteiger partial charge in [-0.2, -0.15) is 26.3 Å². The van der Waals surface area contributed by atoms with Gasteiger partial charge in [-0.05, 0) is 47.3 Å². The molecule has 2 rings (SSSR count). The number of rotatable bonds is 4. The Kier molecular flexibility index (Phi) is 3.75. The van der Waals surface area contributed by atoms with Crippen LogP contribution in [-0.4, -0.2) is 21.0 Å². The Hall–Kier alpha value is -1.40. The highest BCUT2D eigenvalue weighted by molar-refractivity contribution is 7.07. The monoisotopic (exact) mass is 269 g/mol. The van der Waals surface area contributed by atoms with Gasteiger partial charge in [-0.15, -0.1) is 0 Å². The third-order valence-electron chi connectivity index (χ3n) is 2.12. The first-order valence-corrected chi connectivity index (χ1v) is 6.40. The van der Waals surface area contributed by atoms with E-state index in [1.54, 1.807) is 11.3 Å². The zero-order valence-electron chi connectivity index (χ0n) is 9.22. The Labute approximate surface area is 108 Å². The van der Waals surface area contributed by atoms with E-state index in [4.69, 9.17) is 17.3 Å². The standard InChI is InChI=1S/C10H12ClN5S/c1-6(4-7-2-3-17-5-7)13-10-15-8(11)14-9(12)16-10/h2-3,5-6H,4H2,1H3,(H3,12,13,14,15,16). The number of hydrogen-bond acceptors (Lipinski definition) is 6. The summed E-state index contributed by atoms with van der Waals surface area (Å²) in [6, 6.07) is 2.29. The normalized spacial score (nSPS) is 12.4. The molecule has 5 nitrogen and oxygen atoms in total. The van der Waals surface area contributed by atoms with Crippen LogP contribution in [0.25, 0.3) is 0 Å². The van der Waals surface area contributed by atoms with E-state index in [-0.39, 0.29) is 17.3 Å². The van der Waals surface area contributed by atoms with Crippen molar-refractivity contribution < 1.29 is 0 Å². The molecule has 0 amide bonds. The van der Waals surface area contributed by atoms with Crippen molar-refractivity contribution in [3.8, 4) is 0 Å². The van der Waals surface area contributed by atoms with Gasteiger partial charge in [0, 0.05) is 6.04 Å². The van der Waals surface area contributed by atoms with Gasteiger partial charge in [-0.25, -0.2) is 0 Å². The van der Waals surface area contributed by atoms with E-state index < -0.39 is 0 Å². The van der Waals surface area contributed by atoms with Crippen LogP contribution < -0.4 is 11.1 Å². The number of thiophene rings is 1. The number of nitrogens with zero attached hydrogens (tertiary/aromatic N) is 3. The zero-order valence-corrected chi connectivity index (χ0v) is 10.8. The lowest BCUT2D eigenvalue weighted by molar-refractivity contribution is 0.777. The van der Waals surface area contributed by atoms with Gasteiger partial charge in [-0.1, -0.05) is 0 Å². The molecule has 90 valence electrons. The van der Waals surface area contributed by atoms with Crippen LogP contribution >= 0.6 is 22.9 Å². The summed E-state index contributed by atoms with van der Waals surface area (Å²) in [7, 11) is 0. The molecule has 2 aromatic heterocycles. The number of nitrogen functional groups attached to an aromatic ring is 1. The van der Waals surface area contributed by atoms with Crippen LogP contribution in [0.15, 0.2) is 16.8 Å². The first-order chi connectivity index (χ1) is 8.13. The molecule has 3 N–H and O–H groups in total. The summed E-state index contributed by atoms with van der Waals surface area (Å²) >= 11 is 7.38. The second-order valence-electron chi connectivity index (χ2n) is 3.67. The molecule has 0 spiro atoms. The molecular formula is C10H12ClN5S. The lowest BCUT2D eigenvalue weighted by Gasteiger charge is -2.12. The molecule has 2 aromatic rings. The van der Waals surface area contributed by atoms with Gasteiger partial charge in [-0.3, -0.25) is 0 Å². The molecule has 0 fully saturated rings. The van der Waals surface area contributed by atoms with E-state index in [1.807, 2.05) is 6.92 Å². The fourth-order valence-corrected chi connectivity index (χ4v) is 2.31. The van der Waals surface area contributed by atoms with E-state index in [0.717, 1.165) is 6.42 Å². The molecule has 17 heavy (non-hydrogen) atoms. The molecule has 0 saturated heterocycles. The maximum Gasteiger partial charge on any atom is 0.229 e. The van der Waals surface area contributed by atoms with Gasteiger partial charge in [0.25, 0.3) is 0 Å². The average Bonchev–Trinajstić information content (AvgIpc) is 2.67. The Bertz CT molecular complexity index is 467. The zero-order chi connectivity index (χ0) is 12.3. The molecule has 7 heteroatoms. The van der Waals surface area contributed by atoms with Crippen LogP contribution in [0.4, 0.5) is 11.9 Å². The summed E-state index contributed by atoms with van der Waals surface area (Å²) in [6.45, 7) is 2.05. The quantitative estimate of drug-likeness (QED) is 0.890. The van der Waals surface area contributed by atoms with E-state index in [2.05, 4.69) is 37.1 Å². The highest BCUT2D eigenvalue weighted by Crippen LogP contribution is 2.12. The third-order valence-corrected chi connectivity index (χ3v) is 3.02. The molecular weight excluding hydrogens is 258 g/mol. The number of nitrogens with two attached hydrogens (primary N) is 1. The Morgan fingerprint density at radius 3 is 2.94 bits per heavy atom. The van der Waals surface area contributed by atoms with Gasteiger partial charge < -0.3 is 11.1 Å². The highest BCUT2D eigenvalue weighted by atomic mass is 35.5. The van der Waals surface area contributed by atoms with Gasteiger partial charge in [0.1, 0.15) is 0 Å². The second-order valence-corrected chi connectivity index (χ2v) is 4.79. The summed E-state index contributed by atoms with van der Waals surface area (Å²) in [5.74, 6) is 0.528. The van der Waals surface area contributed by atoms with Crippen molar-refractivity contribution in [1.82, 2.24) is 15.0 Å². The molecule has 1 atom stereocenters. The van der Waals surface area contributed by atoms with Crippen molar-refractivity contribution in [3.05, 3.63) is 27.7 Å². The van der Waals surface area contributed by atoms with Crippen molar-refractivity contribution in [2.75, 3.05) is 11.1 Å². The van der Waals surface area contributed by atoms with Crippen molar-refractivity contribution in [2.45, 2.75) is 19.4 Å².